The van der Waals surface area contributed by atoms with Crippen molar-refractivity contribution in [3.63, 3.8) is 0 Å². The largest absolute Gasteiger partial charge is 0.257 e. The number of hydrogen-bond acceptors (Lipinski definition) is 1. The molecule has 1 aromatic rings. The van der Waals surface area contributed by atoms with Gasteiger partial charge in [-0.15, -0.1) is 0 Å². The molecule has 1 aliphatic heterocycles. The van der Waals surface area contributed by atoms with E-state index in [0.29, 0.717) is 5.92 Å². The second-order valence-electron chi connectivity index (χ2n) is 4.41. The van der Waals surface area contributed by atoms with Crippen LogP contribution in [0.4, 0.5) is 0 Å². The maximum absolute atomic E-state index is 4.67. The van der Waals surface area contributed by atoms with E-state index in [4.69, 9.17) is 0 Å². The van der Waals surface area contributed by atoms with Crippen LogP contribution in [-0.2, 0) is 0 Å². The van der Waals surface area contributed by atoms with Crippen molar-refractivity contribution in [3.8, 4) is 0 Å². The molecule has 78 valence electrons. The quantitative estimate of drug-likeness (QED) is 0.688. The molecule has 1 aliphatic rings. The molecule has 0 aliphatic carbocycles. The van der Waals surface area contributed by atoms with Crippen LogP contribution in [0, 0.1) is 12.8 Å². The van der Waals surface area contributed by atoms with Crippen LogP contribution in [0.5, 0.6) is 0 Å². The first kappa shape index (κ1) is 10.2. The van der Waals surface area contributed by atoms with Gasteiger partial charge in [-0.1, -0.05) is 49.8 Å². The number of aliphatic imine (C=N–C) groups is 1. The Morgan fingerprint density at radius 2 is 1.80 bits per heavy atom. The monoisotopic (exact) mass is 199 g/mol. The third-order valence-electron chi connectivity index (χ3n) is 2.74. The molecule has 1 nitrogen and oxygen atoms in total. The summed E-state index contributed by atoms with van der Waals surface area (Å²) in [6.45, 7) is 6.48. The van der Waals surface area contributed by atoms with Crippen molar-refractivity contribution in [2.45, 2.75) is 27.2 Å². The standard InChI is InChI=1S/C14H17N/c1-10(2)13-8-9-14(15-13)12-6-4-11(3)5-7-12/h4-8,10H,9H2,1-3H3. The van der Waals surface area contributed by atoms with Crippen LogP contribution in [0.1, 0.15) is 31.4 Å². The van der Waals surface area contributed by atoms with Crippen LogP contribution < -0.4 is 0 Å². The van der Waals surface area contributed by atoms with Crippen LogP contribution in [0.3, 0.4) is 0 Å². The molecular weight excluding hydrogens is 182 g/mol. The Bertz CT molecular complexity index is 407. The highest BCUT2D eigenvalue weighted by Crippen LogP contribution is 2.21. The number of rotatable bonds is 2. The van der Waals surface area contributed by atoms with Crippen molar-refractivity contribution in [1.82, 2.24) is 0 Å². The van der Waals surface area contributed by atoms with Gasteiger partial charge in [-0.3, -0.25) is 4.99 Å². The van der Waals surface area contributed by atoms with E-state index in [-0.39, 0.29) is 0 Å². The minimum Gasteiger partial charge on any atom is -0.257 e. The molecule has 1 heterocycles. The van der Waals surface area contributed by atoms with E-state index < -0.39 is 0 Å². The van der Waals surface area contributed by atoms with Crippen molar-refractivity contribution in [2.24, 2.45) is 10.9 Å². The molecule has 1 aromatic carbocycles. The summed E-state index contributed by atoms with van der Waals surface area (Å²) in [4.78, 5) is 4.67. The van der Waals surface area contributed by atoms with E-state index in [0.717, 1.165) is 6.42 Å². The van der Waals surface area contributed by atoms with Gasteiger partial charge in [0.05, 0.1) is 5.71 Å². The Morgan fingerprint density at radius 1 is 1.13 bits per heavy atom. The van der Waals surface area contributed by atoms with Crippen LogP contribution in [0.25, 0.3) is 0 Å². The Balaban J connectivity index is 2.22. The van der Waals surface area contributed by atoms with Crippen LogP contribution >= 0.6 is 0 Å². The molecule has 0 aromatic heterocycles. The molecule has 0 saturated carbocycles. The Labute approximate surface area is 91.6 Å². The van der Waals surface area contributed by atoms with Crippen LogP contribution in [0.15, 0.2) is 41.0 Å². The van der Waals surface area contributed by atoms with E-state index in [9.17, 15) is 0 Å². The lowest BCUT2D eigenvalue weighted by atomic mass is 10.1. The van der Waals surface area contributed by atoms with E-state index in [1.165, 1.54) is 22.5 Å². The van der Waals surface area contributed by atoms with Crippen LogP contribution in [-0.4, -0.2) is 5.71 Å². The molecule has 0 N–H and O–H groups in total. The maximum atomic E-state index is 4.67. The molecular formula is C14H17N. The zero-order valence-electron chi connectivity index (χ0n) is 9.62. The number of aryl methyl sites for hydroxylation is 1. The predicted molar refractivity (Wildman–Crippen MR) is 65.3 cm³/mol. The molecule has 15 heavy (non-hydrogen) atoms. The molecule has 0 radical (unpaired) electrons. The van der Waals surface area contributed by atoms with E-state index >= 15 is 0 Å². The van der Waals surface area contributed by atoms with Crippen molar-refractivity contribution < 1.29 is 0 Å². The predicted octanol–water partition coefficient (Wildman–Crippen LogP) is 3.73. The Kier molecular flexibility index (Phi) is 2.72. The summed E-state index contributed by atoms with van der Waals surface area (Å²) in [7, 11) is 0. The summed E-state index contributed by atoms with van der Waals surface area (Å²) >= 11 is 0. The Hall–Kier alpha value is -1.37. The van der Waals surface area contributed by atoms with E-state index in [1.54, 1.807) is 0 Å². The summed E-state index contributed by atoms with van der Waals surface area (Å²) in [6.07, 6.45) is 3.22. The van der Waals surface area contributed by atoms with Gasteiger partial charge in [0, 0.05) is 12.1 Å². The van der Waals surface area contributed by atoms with E-state index in [1.807, 2.05) is 0 Å². The summed E-state index contributed by atoms with van der Waals surface area (Å²) in [5.74, 6) is 0.535. The lowest BCUT2D eigenvalue weighted by Crippen LogP contribution is -1.96. The van der Waals surface area contributed by atoms with Crippen molar-refractivity contribution >= 4 is 5.71 Å². The average molecular weight is 199 g/mol. The van der Waals surface area contributed by atoms with Gasteiger partial charge in [-0.25, -0.2) is 0 Å². The minimum absolute atomic E-state index is 0.535. The fourth-order valence-electron chi connectivity index (χ4n) is 1.74. The van der Waals surface area contributed by atoms with Gasteiger partial charge >= 0.3 is 0 Å². The van der Waals surface area contributed by atoms with Gasteiger partial charge in [0.15, 0.2) is 0 Å². The summed E-state index contributed by atoms with van der Waals surface area (Å²) in [6, 6.07) is 8.60. The maximum Gasteiger partial charge on any atom is 0.0517 e. The molecule has 0 bridgehead atoms. The zero-order chi connectivity index (χ0) is 10.8. The molecule has 0 amide bonds. The first-order chi connectivity index (χ1) is 7.16. The first-order valence-corrected chi connectivity index (χ1v) is 5.51. The zero-order valence-corrected chi connectivity index (χ0v) is 9.62. The first-order valence-electron chi connectivity index (χ1n) is 5.51. The summed E-state index contributed by atoms with van der Waals surface area (Å²) < 4.78 is 0. The van der Waals surface area contributed by atoms with Gasteiger partial charge in [0.1, 0.15) is 0 Å². The summed E-state index contributed by atoms with van der Waals surface area (Å²) in [5, 5.41) is 0. The topological polar surface area (TPSA) is 12.4 Å². The molecule has 0 saturated heterocycles. The van der Waals surface area contributed by atoms with E-state index in [2.05, 4.69) is 56.1 Å². The lowest BCUT2D eigenvalue weighted by molar-refractivity contribution is 0.761. The number of nitrogens with zero attached hydrogens (tertiary/aromatic N) is 1. The highest BCUT2D eigenvalue weighted by Gasteiger charge is 2.12. The SMILES string of the molecule is Cc1ccc(C2=NC(C(C)C)=CC2)cc1. The highest BCUT2D eigenvalue weighted by atomic mass is 14.8. The van der Waals surface area contributed by atoms with Gasteiger partial charge in [-0.05, 0) is 18.4 Å². The highest BCUT2D eigenvalue weighted by molar-refractivity contribution is 6.03. The molecule has 0 spiro atoms. The number of allylic oxidation sites excluding steroid dienone is 2. The van der Waals surface area contributed by atoms with Crippen molar-refractivity contribution in [3.05, 3.63) is 47.2 Å². The molecule has 0 fully saturated rings. The van der Waals surface area contributed by atoms with Crippen LogP contribution in [0.2, 0.25) is 0 Å². The number of benzene rings is 1. The number of hydrogen-bond donors (Lipinski definition) is 0. The second kappa shape index (κ2) is 4.01. The van der Waals surface area contributed by atoms with Gasteiger partial charge < -0.3 is 0 Å². The molecule has 1 heteroatoms. The van der Waals surface area contributed by atoms with Crippen molar-refractivity contribution in [1.29, 1.82) is 0 Å². The third-order valence-corrected chi connectivity index (χ3v) is 2.74. The summed E-state index contributed by atoms with van der Waals surface area (Å²) in [5.41, 5.74) is 4.99. The third kappa shape index (κ3) is 2.17. The van der Waals surface area contributed by atoms with Gasteiger partial charge in [-0.2, -0.15) is 0 Å². The van der Waals surface area contributed by atoms with Gasteiger partial charge in [0.25, 0.3) is 0 Å². The Morgan fingerprint density at radius 3 is 2.33 bits per heavy atom. The second-order valence-corrected chi connectivity index (χ2v) is 4.41. The smallest absolute Gasteiger partial charge is 0.0517 e. The average Bonchev–Trinajstić information content (AvgIpc) is 2.68. The minimum atomic E-state index is 0.535. The molecule has 2 rings (SSSR count). The molecule has 0 atom stereocenters. The molecule has 0 unspecified atom stereocenters. The van der Waals surface area contributed by atoms with Gasteiger partial charge in [0.2, 0.25) is 0 Å². The fourth-order valence-corrected chi connectivity index (χ4v) is 1.74. The fraction of sp³-hybridized carbons (Fsp3) is 0.357. The normalized spacial score (nSPS) is 15.5. The van der Waals surface area contributed by atoms with Crippen molar-refractivity contribution in [2.75, 3.05) is 0 Å². The lowest BCUT2D eigenvalue weighted by Gasteiger charge is -2.02.